The number of nitrogens with zero attached hydrogens (tertiary/aromatic N) is 4. The van der Waals surface area contributed by atoms with Crippen LogP contribution in [0.25, 0.3) is 5.82 Å². The van der Waals surface area contributed by atoms with Crippen molar-refractivity contribution in [2.24, 2.45) is 5.92 Å². The van der Waals surface area contributed by atoms with Gasteiger partial charge < -0.3 is 16.0 Å². The van der Waals surface area contributed by atoms with Gasteiger partial charge in [-0.25, -0.2) is 9.36 Å². The summed E-state index contributed by atoms with van der Waals surface area (Å²) in [6.45, 7) is 0.143. The fraction of sp³-hybridized carbons (Fsp3) is 0.273. The van der Waals surface area contributed by atoms with E-state index in [0.29, 0.717) is 17.1 Å². The number of anilines is 1. The van der Waals surface area contributed by atoms with Crippen molar-refractivity contribution in [3.8, 4) is 5.82 Å². The third kappa shape index (κ3) is 5.91. The molecule has 1 aliphatic carbocycles. The van der Waals surface area contributed by atoms with E-state index in [0.717, 1.165) is 17.5 Å². The van der Waals surface area contributed by atoms with Crippen molar-refractivity contribution in [1.29, 1.82) is 0 Å². The van der Waals surface area contributed by atoms with Gasteiger partial charge in [-0.05, 0) is 49.2 Å². The third-order valence-corrected chi connectivity index (χ3v) is 4.98. The summed E-state index contributed by atoms with van der Waals surface area (Å²) in [6, 6.07) is 11.2. The molecule has 1 aliphatic rings. The maximum atomic E-state index is 12.3. The SMILES string of the molecule is O=C(Cn1nc(-n2cccn2)ccc1=O)NCCNC(=O)c1ccc(NC(=O)C2CC2)cc1. The lowest BCUT2D eigenvalue weighted by molar-refractivity contribution is -0.122. The van der Waals surface area contributed by atoms with E-state index in [1.807, 2.05) is 0 Å². The Labute approximate surface area is 188 Å². The summed E-state index contributed by atoms with van der Waals surface area (Å²) in [5, 5.41) is 16.4. The van der Waals surface area contributed by atoms with E-state index >= 15 is 0 Å². The minimum atomic E-state index is -0.411. The van der Waals surface area contributed by atoms with Crippen LogP contribution in [0.1, 0.15) is 23.2 Å². The standard InChI is InChI=1S/C22H23N7O4/c30-19(14-29-20(31)9-8-18(27-29)28-13-1-10-25-28)23-11-12-24-21(32)15-4-6-17(7-5-15)26-22(33)16-2-3-16/h1,4-10,13,16H,2-3,11-12,14H2,(H,23,30)(H,24,32)(H,26,33). The van der Waals surface area contributed by atoms with Crippen LogP contribution in [0.5, 0.6) is 0 Å². The smallest absolute Gasteiger partial charge is 0.267 e. The lowest BCUT2D eigenvalue weighted by atomic mass is 10.2. The van der Waals surface area contributed by atoms with Gasteiger partial charge in [-0.3, -0.25) is 19.2 Å². The molecule has 0 bridgehead atoms. The number of carbonyl (C=O) groups excluding carboxylic acids is 3. The second-order valence-corrected chi connectivity index (χ2v) is 7.58. The molecule has 0 unspecified atom stereocenters. The number of hydrogen-bond acceptors (Lipinski definition) is 6. The van der Waals surface area contributed by atoms with Crippen molar-refractivity contribution in [2.45, 2.75) is 19.4 Å². The summed E-state index contributed by atoms with van der Waals surface area (Å²) < 4.78 is 2.53. The molecule has 3 amide bonds. The van der Waals surface area contributed by atoms with E-state index in [2.05, 4.69) is 26.1 Å². The zero-order valence-electron chi connectivity index (χ0n) is 17.7. The van der Waals surface area contributed by atoms with Crippen LogP contribution in [0.15, 0.2) is 59.7 Å². The first kappa shape index (κ1) is 21.9. The number of amides is 3. The van der Waals surface area contributed by atoms with Crippen LogP contribution in [-0.4, -0.2) is 50.4 Å². The van der Waals surface area contributed by atoms with Crippen LogP contribution in [0.4, 0.5) is 5.69 Å². The van der Waals surface area contributed by atoms with Crippen LogP contribution >= 0.6 is 0 Å². The molecule has 3 aromatic rings. The second kappa shape index (κ2) is 9.90. The Morgan fingerprint density at radius 2 is 1.76 bits per heavy atom. The highest BCUT2D eigenvalue weighted by Gasteiger charge is 2.29. The van der Waals surface area contributed by atoms with Gasteiger partial charge in [-0.2, -0.15) is 5.10 Å². The van der Waals surface area contributed by atoms with Crippen molar-refractivity contribution in [3.05, 3.63) is 70.8 Å². The zero-order valence-corrected chi connectivity index (χ0v) is 17.7. The molecule has 1 aromatic carbocycles. The lowest BCUT2D eigenvalue weighted by Gasteiger charge is -2.09. The minimum absolute atomic E-state index is 0.00789. The van der Waals surface area contributed by atoms with Gasteiger partial charge in [0, 0.05) is 48.7 Å². The predicted octanol–water partition coefficient (Wildman–Crippen LogP) is 0.324. The monoisotopic (exact) mass is 449 g/mol. The molecule has 33 heavy (non-hydrogen) atoms. The highest BCUT2D eigenvalue weighted by atomic mass is 16.2. The van der Waals surface area contributed by atoms with Crippen LogP contribution in [-0.2, 0) is 16.1 Å². The Hall–Kier alpha value is -4.28. The summed E-state index contributed by atoms with van der Waals surface area (Å²) in [6.07, 6.45) is 5.11. The first-order chi connectivity index (χ1) is 16.0. The predicted molar refractivity (Wildman–Crippen MR) is 119 cm³/mol. The van der Waals surface area contributed by atoms with Gasteiger partial charge in [0.1, 0.15) is 6.54 Å². The molecular formula is C22H23N7O4. The first-order valence-corrected chi connectivity index (χ1v) is 10.5. The maximum Gasteiger partial charge on any atom is 0.267 e. The number of nitrogens with one attached hydrogen (secondary N) is 3. The molecule has 3 N–H and O–H groups in total. The van der Waals surface area contributed by atoms with Crippen LogP contribution in [0, 0.1) is 5.92 Å². The molecule has 11 heteroatoms. The normalized spacial score (nSPS) is 12.7. The molecule has 4 rings (SSSR count). The molecule has 1 saturated carbocycles. The number of rotatable bonds is 9. The summed E-state index contributed by atoms with van der Waals surface area (Å²) in [5.74, 6) is -0.175. The van der Waals surface area contributed by atoms with E-state index in [9.17, 15) is 19.2 Å². The van der Waals surface area contributed by atoms with Crippen molar-refractivity contribution in [1.82, 2.24) is 30.2 Å². The Balaban J connectivity index is 1.21. The van der Waals surface area contributed by atoms with Crippen molar-refractivity contribution in [2.75, 3.05) is 18.4 Å². The molecule has 0 radical (unpaired) electrons. The molecule has 0 spiro atoms. The fourth-order valence-electron chi connectivity index (χ4n) is 3.04. The zero-order chi connectivity index (χ0) is 23.2. The van der Waals surface area contributed by atoms with E-state index in [-0.39, 0.29) is 37.4 Å². The summed E-state index contributed by atoms with van der Waals surface area (Å²) in [5.41, 5.74) is 0.680. The highest BCUT2D eigenvalue weighted by Crippen LogP contribution is 2.30. The van der Waals surface area contributed by atoms with E-state index in [1.54, 1.807) is 42.7 Å². The number of aromatic nitrogens is 4. The van der Waals surface area contributed by atoms with Crippen molar-refractivity contribution >= 4 is 23.4 Å². The van der Waals surface area contributed by atoms with Crippen molar-refractivity contribution in [3.63, 3.8) is 0 Å². The van der Waals surface area contributed by atoms with Gasteiger partial charge in [0.15, 0.2) is 5.82 Å². The largest absolute Gasteiger partial charge is 0.353 e. The van der Waals surface area contributed by atoms with E-state index < -0.39 is 11.5 Å². The van der Waals surface area contributed by atoms with E-state index in [1.165, 1.54) is 16.8 Å². The molecule has 170 valence electrons. The quantitative estimate of drug-likeness (QED) is 0.402. The van der Waals surface area contributed by atoms with Gasteiger partial charge in [0.2, 0.25) is 11.8 Å². The lowest BCUT2D eigenvalue weighted by Crippen LogP contribution is -2.38. The Morgan fingerprint density at radius 3 is 2.45 bits per heavy atom. The summed E-state index contributed by atoms with van der Waals surface area (Å²) in [4.78, 5) is 48.2. The average Bonchev–Trinajstić information content (AvgIpc) is 3.53. The minimum Gasteiger partial charge on any atom is -0.353 e. The van der Waals surface area contributed by atoms with Gasteiger partial charge in [0.25, 0.3) is 11.5 Å². The Bertz CT molecular complexity index is 1200. The number of hydrogen-bond donors (Lipinski definition) is 3. The molecule has 0 aliphatic heterocycles. The maximum absolute atomic E-state index is 12.3. The Morgan fingerprint density at radius 1 is 1.00 bits per heavy atom. The molecular weight excluding hydrogens is 426 g/mol. The van der Waals surface area contributed by atoms with Crippen LogP contribution < -0.4 is 21.5 Å². The molecule has 1 fully saturated rings. The first-order valence-electron chi connectivity index (χ1n) is 10.5. The molecule has 11 nitrogen and oxygen atoms in total. The molecule has 2 aromatic heterocycles. The Kier molecular flexibility index (Phi) is 6.58. The fourth-order valence-corrected chi connectivity index (χ4v) is 3.04. The summed E-state index contributed by atoms with van der Waals surface area (Å²) in [7, 11) is 0. The van der Waals surface area contributed by atoms with Gasteiger partial charge in [0.05, 0.1) is 0 Å². The van der Waals surface area contributed by atoms with E-state index in [4.69, 9.17) is 0 Å². The molecule has 0 saturated heterocycles. The van der Waals surface area contributed by atoms with Gasteiger partial charge in [-0.15, -0.1) is 5.10 Å². The third-order valence-electron chi connectivity index (χ3n) is 4.98. The van der Waals surface area contributed by atoms with Gasteiger partial charge in [-0.1, -0.05) is 0 Å². The topological polar surface area (TPSA) is 140 Å². The van der Waals surface area contributed by atoms with Gasteiger partial charge >= 0.3 is 0 Å². The number of carbonyl (C=O) groups is 3. The molecule has 2 heterocycles. The van der Waals surface area contributed by atoms with Crippen LogP contribution in [0.2, 0.25) is 0 Å². The van der Waals surface area contributed by atoms with Crippen LogP contribution in [0.3, 0.4) is 0 Å². The highest BCUT2D eigenvalue weighted by molar-refractivity contribution is 5.96. The second-order valence-electron chi connectivity index (χ2n) is 7.58. The average molecular weight is 449 g/mol. The number of benzene rings is 1. The molecule has 0 atom stereocenters. The van der Waals surface area contributed by atoms with Crippen molar-refractivity contribution < 1.29 is 14.4 Å². The summed E-state index contributed by atoms with van der Waals surface area (Å²) >= 11 is 0.